The fourth-order valence-corrected chi connectivity index (χ4v) is 2.56. The first-order valence-corrected chi connectivity index (χ1v) is 9.75. The predicted molar refractivity (Wildman–Crippen MR) is 93.1 cm³/mol. The number of carbonyl (C=O) groups excluding carboxylic acids is 1. The summed E-state index contributed by atoms with van der Waals surface area (Å²) in [5.74, 6) is 0. The zero-order valence-corrected chi connectivity index (χ0v) is 16.3. The summed E-state index contributed by atoms with van der Waals surface area (Å²) in [4.78, 5) is 14.0. The van der Waals surface area contributed by atoms with Crippen LogP contribution in [0.15, 0.2) is 0 Å². The van der Waals surface area contributed by atoms with Crippen LogP contribution in [0.1, 0.15) is 59.3 Å². The summed E-state index contributed by atoms with van der Waals surface area (Å²) in [5, 5.41) is 2.06. The molecule has 0 bridgehead atoms. The first kappa shape index (κ1) is 20.2. The molecule has 20 heavy (non-hydrogen) atoms. The normalized spacial score (nSPS) is 11.4. The van der Waals surface area contributed by atoms with E-state index in [1.807, 2.05) is 25.7 Å². The third-order valence-corrected chi connectivity index (χ3v) is 3.90. The molecule has 0 aromatic rings. The highest BCUT2D eigenvalue weighted by molar-refractivity contribution is 9.09. The third-order valence-electron chi connectivity index (χ3n) is 2.78. The van der Waals surface area contributed by atoms with E-state index in [0.717, 1.165) is 62.3 Å². The molecule has 0 rings (SSSR count). The summed E-state index contributed by atoms with van der Waals surface area (Å²) in [7, 11) is 0. The van der Waals surface area contributed by atoms with Gasteiger partial charge in [-0.2, -0.15) is 0 Å². The Kier molecular flexibility index (Phi) is 12.0. The minimum absolute atomic E-state index is 0.171. The van der Waals surface area contributed by atoms with E-state index >= 15 is 0 Å². The highest BCUT2D eigenvalue weighted by Gasteiger charge is 2.21. The van der Waals surface area contributed by atoms with E-state index in [2.05, 4.69) is 31.9 Å². The fourth-order valence-electron chi connectivity index (χ4n) is 1.77. The Balaban J connectivity index is 4.18. The first-order valence-electron chi connectivity index (χ1n) is 7.50. The van der Waals surface area contributed by atoms with Crippen molar-refractivity contribution in [3.8, 4) is 0 Å². The van der Waals surface area contributed by atoms with Gasteiger partial charge in [-0.15, -0.1) is 0 Å². The summed E-state index contributed by atoms with van der Waals surface area (Å²) in [6.07, 6.45) is 6.53. The van der Waals surface area contributed by atoms with Crippen molar-refractivity contribution in [2.24, 2.45) is 0 Å². The van der Waals surface area contributed by atoms with Crippen LogP contribution in [0.25, 0.3) is 0 Å². The lowest BCUT2D eigenvalue weighted by molar-refractivity contribution is 0.0244. The fraction of sp³-hybridized carbons (Fsp3) is 0.933. The van der Waals surface area contributed by atoms with Crippen LogP contribution in [-0.2, 0) is 4.74 Å². The molecule has 5 heteroatoms. The van der Waals surface area contributed by atoms with Gasteiger partial charge in [-0.05, 0) is 46.5 Å². The maximum absolute atomic E-state index is 12.2. The van der Waals surface area contributed by atoms with E-state index in [1.165, 1.54) is 0 Å². The molecule has 0 atom stereocenters. The molecule has 0 spiro atoms. The second-order valence-corrected chi connectivity index (χ2v) is 7.55. The average Bonchev–Trinajstić information content (AvgIpc) is 2.34. The van der Waals surface area contributed by atoms with Gasteiger partial charge in [0.05, 0.1) is 0 Å². The van der Waals surface area contributed by atoms with Gasteiger partial charge < -0.3 is 9.64 Å². The maximum Gasteiger partial charge on any atom is 0.410 e. The molecule has 0 aliphatic heterocycles. The second-order valence-electron chi connectivity index (χ2n) is 5.97. The summed E-state index contributed by atoms with van der Waals surface area (Å²) < 4.78 is 5.48. The van der Waals surface area contributed by atoms with Crippen molar-refractivity contribution < 1.29 is 9.53 Å². The molecule has 120 valence electrons. The molecule has 0 fully saturated rings. The predicted octanol–water partition coefficient (Wildman–Crippen LogP) is 5.35. The van der Waals surface area contributed by atoms with E-state index in [1.54, 1.807) is 0 Å². The summed E-state index contributed by atoms with van der Waals surface area (Å²) in [6.45, 7) is 7.35. The number of nitrogens with zero attached hydrogens (tertiary/aromatic N) is 1. The molecular weight excluding hydrogens is 386 g/mol. The average molecular weight is 415 g/mol. The number of unbranched alkanes of at least 4 members (excludes halogenated alkanes) is 4. The van der Waals surface area contributed by atoms with Gasteiger partial charge in [0.1, 0.15) is 5.60 Å². The Labute approximate surface area is 141 Å². The van der Waals surface area contributed by atoms with Crippen molar-refractivity contribution in [1.82, 2.24) is 4.90 Å². The van der Waals surface area contributed by atoms with Crippen molar-refractivity contribution >= 4 is 38.0 Å². The SMILES string of the molecule is CC(C)(C)OC(=O)N(CCCCCBr)CCCCCBr. The minimum atomic E-state index is -0.416. The molecule has 0 N–H and O–H groups in total. The Hall–Kier alpha value is 0.230. The standard InChI is InChI=1S/C15H29Br2NO2/c1-15(2,3)20-14(19)18(12-8-4-6-10-16)13-9-5-7-11-17/h4-13H2,1-3H3. The number of halogens is 2. The number of alkyl halides is 2. The van der Waals surface area contributed by atoms with Crippen LogP contribution in [-0.4, -0.2) is 40.3 Å². The minimum Gasteiger partial charge on any atom is -0.444 e. The summed E-state index contributed by atoms with van der Waals surface area (Å²) in [6, 6.07) is 0. The summed E-state index contributed by atoms with van der Waals surface area (Å²) >= 11 is 6.87. The van der Waals surface area contributed by atoms with Crippen LogP contribution >= 0.6 is 31.9 Å². The van der Waals surface area contributed by atoms with Crippen LogP contribution in [0.2, 0.25) is 0 Å². The molecular formula is C15H29Br2NO2. The second kappa shape index (κ2) is 11.8. The number of ether oxygens (including phenoxy) is 1. The van der Waals surface area contributed by atoms with Gasteiger partial charge in [0.2, 0.25) is 0 Å². The Morgan fingerprint density at radius 3 is 1.70 bits per heavy atom. The maximum atomic E-state index is 12.2. The van der Waals surface area contributed by atoms with Gasteiger partial charge in [-0.25, -0.2) is 4.79 Å². The monoisotopic (exact) mass is 413 g/mol. The molecule has 0 unspecified atom stereocenters. The van der Waals surface area contributed by atoms with Crippen LogP contribution in [0, 0.1) is 0 Å². The Morgan fingerprint density at radius 2 is 1.35 bits per heavy atom. The van der Waals surface area contributed by atoms with E-state index < -0.39 is 5.60 Å². The van der Waals surface area contributed by atoms with Crippen LogP contribution < -0.4 is 0 Å². The first-order chi connectivity index (χ1) is 9.40. The topological polar surface area (TPSA) is 29.5 Å². The van der Waals surface area contributed by atoms with Gasteiger partial charge in [-0.3, -0.25) is 0 Å². The van der Waals surface area contributed by atoms with Crippen molar-refractivity contribution in [1.29, 1.82) is 0 Å². The number of carbonyl (C=O) groups is 1. The zero-order chi connectivity index (χ0) is 15.4. The molecule has 3 nitrogen and oxygen atoms in total. The van der Waals surface area contributed by atoms with Crippen LogP contribution in [0.4, 0.5) is 4.79 Å². The van der Waals surface area contributed by atoms with E-state index in [-0.39, 0.29) is 6.09 Å². The number of amides is 1. The summed E-state index contributed by atoms with van der Waals surface area (Å²) in [5.41, 5.74) is -0.416. The van der Waals surface area contributed by atoms with Crippen molar-refractivity contribution in [2.45, 2.75) is 64.9 Å². The van der Waals surface area contributed by atoms with Crippen molar-refractivity contribution in [3.05, 3.63) is 0 Å². The number of hydrogen-bond acceptors (Lipinski definition) is 2. The molecule has 0 aromatic carbocycles. The molecule has 0 aliphatic rings. The number of hydrogen-bond donors (Lipinski definition) is 0. The van der Waals surface area contributed by atoms with Gasteiger partial charge in [0.15, 0.2) is 0 Å². The molecule has 0 heterocycles. The van der Waals surface area contributed by atoms with Gasteiger partial charge >= 0.3 is 6.09 Å². The van der Waals surface area contributed by atoms with Gasteiger partial charge in [0, 0.05) is 23.7 Å². The van der Waals surface area contributed by atoms with Crippen LogP contribution in [0.5, 0.6) is 0 Å². The highest BCUT2D eigenvalue weighted by Crippen LogP contribution is 2.12. The molecule has 0 radical (unpaired) electrons. The molecule has 1 amide bonds. The zero-order valence-electron chi connectivity index (χ0n) is 13.1. The highest BCUT2D eigenvalue weighted by atomic mass is 79.9. The van der Waals surface area contributed by atoms with Crippen LogP contribution in [0.3, 0.4) is 0 Å². The molecule has 0 saturated carbocycles. The molecule has 0 aromatic heterocycles. The lowest BCUT2D eigenvalue weighted by Gasteiger charge is -2.27. The van der Waals surface area contributed by atoms with Gasteiger partial charge in [-0.1, -0.05) is 44.7 Å². The Morgan fingerprint density at radius 1 is 0.900 bits per heavy atom. The van der Waals surface area contributed by atoms with Crippen molar-refractivity contribution in [2.75, 3.05) is 23.7 Å². The number of rotatable bonds is 10. The Bertz CT molecular complexity index is 243. The van der Waals surface area contributed by atoms with Crippen molar-refractivity contribution in [3.63, 3.8) is 0 Å². The quantitative estimate of drug-likeness (QED) is 0.356. The molecule has 0 aliphatic carbocycles. The smallest absolute Gasteiger partial charge is 0.410 e. The lowest BCUT2D eigenvalue weighted by atomic mass is 10.2. The van der Waals surface area contributed by atoms with E-state index in [9.17, 15) is 4.79 Å². The lowest BCUT2D eigenvalue weighted by Crippen LogP contribution is -2.38. The molecule has 0 saturated heterocycles. The largest absolute Gasteiger partial charge is 0.444 e. The van der Waals surface area contributed by atoms with E-state index in [4.69, 9.17) is 4.74 Å². The van der Waals surface area contributed by atoms with Gasteiger partial charge in [0.25, 0.3) is 0 Å². The van der Waals surface area contributed by atoms with E-state index in [0.29, 0.717) is 0 Å². The third kappa shape index (κ3) is 12.0.